The average Bonchev–Trinajstić information content (AvgIpc) is 2.02. The summed E-state index contributed by atoms with van der Waals surface area (Å²) in [4.78, 5) is 0. The van der Waals surface area contributed by atoms with Crippen LogP contribution in [0, 0.1) is 0 Å². The minimum Gasteiger partial charge on any atom is -0.434 e. The molecule has 1 N–H and O–H groups in total. The molecule has 1 aromatic carbocycles. The van der Waals surface area contributed by atoms with Gasteiger partial charge in [-0.25, -0.2) is 0 Å². The van der Waals surface area contributed by atoms with Crippen LogP contribution in [0.2, 0.25) is 0 Å². The van der Waals surface area contributed by atoms with E-state index in [2.05, 4.69) is 0 Å². The third-order valence-corrected chi connectivity index (χ3v) is 1.38. The molecule has 0 fully saturated rings. The van der Waals surface area contributed by atoms with Crippen LogP contribution in [0.5, 0.6) is 0 Å². The maximum Gasteiger partial charge on any atom is 0.564 e. The zero-order valence-corrected chi connectivity index (χ0v) is 6.31. The third kappa shape index (κ3) is 3.43. The molecule has 1 aromatic rings. The molecule has 12 heavy (non-hydrogen) atoms. The lowest BCUT2D eigenvalue weighted by atomic mass is 10.1. The molecule has 5 heteroatoms. The van der Waals surface area contributed by atoms with Crippen LogP contribution in [-0.2, 0) is 6.54 Å². The van der Waals surface area contributed by atoms with Crippen molar-refractivity contribution in [3.63, 3.8) is 0 Å². The molecule has 0 unspecified atom stereocenters. The number of halogens is 3. The van der Waals surface area contributed by atoms with Crippen molar-refractivity contribution < 1.29 is 12.9 Å². The van der Waals surface area contributed by atoms with Crippen molar-refractivity contribution in [1.82, 2.24) is 5.23 Å². The van der Waals surface area contributed by atoms with Crippen LogP contribution < -0.4 is 5.23 Å². The van der Waals surface area contributed by atoms with Crippen LogP contribution in [0.15, 0.2) is 30.3 Å². The predicted molar refractivity (Wildman–Crippen MR) is 42.4 cm³/mol. The van der Waals surface area contributed by atoms with Crippen LogP contribution in [0.25, 0.3) is 0 Å². The van der Waals surface area contributed by atoms with E-state index in [4.69, 9.17) is 0 Å². The molecule has 0 radical (unpaired) electrons. The van der Waals surface area contributed by atoms with E-state index in [0.29, 0.717) is 5.56 Å². The summed E-state index contributed by atoms with van der Waals surface area (Å²) in [6.45, 7) is -0.148. The highest BCUT2D eigenvalue weighted by molar-refractivity contribution is 6.55. The van der Waals surface area contributed by atoms with Gasteiger partial charge in [-0.3, -0.25) is 0 Å². The number of nitrogens with one attached hydrogen (secondary N) is 1. The Morgan fingerprint density at radius 1 is 1.08 bits per heavy atom. The Balaban J connectivity index is 2.44. The first-order valence-corrected chi connectivity index (χ1v) is 3.56. The molecule has 0 heterocycles. The maximum absolute atomic E-state index is 11.7. The first kappa shape index (κ1) is 9.13. The van der Waals surface area contributed by atoms with Crippen molar-refractivity contribution in [3.8, 4) is 0 Å². The van der Waals surface area contributed by atoms with E-state index in [1.807, 2.05) is 0 Å². The summed E-state index contributed by atoms with van der Waals surface area (Å²) < 4.78 is 35.1. The molecule has 0 saturated heterocycles. The van der Waals surface area contributed by atoms with E-state index in [0.717, 1.165) is 0 Å². The fourth-order valence-corrected chi connectivity index (χ4v) is 0.829. The first-order valence-electron chi connectivity index (χ1n) is 3.56. The number of hydrogen-bond acceptors (Lipinski definition) is 1. The number of hydrogen-bond donors (Lipinski definition) is 1. The highest BCUT2D eigenvalue weighted by atomic mass is 19.4. The molecule has 66 valence electrons. The van der Waals surface area contributed by atoms with Gasteiger partial charge in [0.2, 0.25) is 0 Å². The Morgan fingerprint density at radius 2 is 1.67 bits per heavy atom. The molecule has 0 spiro atoms. The zero-order valence-electron chi connectivity index (χ0n) is 6.31. The van der Waals surface area contributed by atoms with E-state index in [-0.39, 0.29) is 6.54 Å². The zero-order chi connectivity index (χ0) is 9.03. The molecule has 0 bridgehead atoms. The second kappa shape index (κ2) is 3.62. The molecule has 0 aromatic heterocycles. The summed E-state index contributed by atoms with van der Waals surface area (Å²) >= 11 is 0. The van der Waals surface area contributed by atoms with E-state index in [1.165, 1.54) is 5.23 Å². The van der Waals surface area contributed by atoms with Crippen molar-refractivity contribution in [2.75, 3.05) is 0 Å². The lowest BCUT2D eigenvalue weighted by Crippen LogP contribution is -2.37. The van der Waals surface area contributed by atoms with Gasteiger partial charge in [-0.2, -0.15) is 0 Å². The maximum atomic E-state index is 11.7. The molecule has 0 saturated carbocycles. The van der Waals surface area contributed by atoms with E-state index < -0.39 is 7.11 Å². The van der Waals surface area contributed by atoms with Gasteiger partial charge in [-0.15, -0.1) is 0 Å². The molecule has 0 aliphatic heterocycles. The standard InChI is InChI=1S/C7H8BF3N/c9-8(10,11)12-6-7-4-2-1-3-5-7/h1-5,12H,6H2/q-1. The van der Waals surface area contributed by atoms with Crippen molar-refractivity contribution in [2.24, 2.45) is 0 Å². The Kier molecular flexibility index (Phi) is 2.76. The molecular weight excluding hydrogens is 166 g/mol. The third-order valence-electron chi connectivity index (χ3n) is 1.38. The molecule has 1 nitrogen and oxygen atoms in total. The van der Waals surface area contributed by atoms with Gasteiger partial charge in [-0.05, 0) is 12.1 Å². The summed E-state index contributed by atoms with van der Waals surface area (Å²) in [5.74, 6) is 0. The lowest BCUT2D eigenvalue weighted by Gasteiger charge is -2.15. The van der Waals surface area contributed by atoms with Crippen LogP contribution >= 0.6 is 0 Å². The fraction of sp³-hybridized carbons (Fsp3) is 0.143. The average molecular weight is 174 g/mol. The van der Waals surface area contributed by atoms with Gasteiger partial charge in [0.25, 0.3) is 0 Å². The van der Waals surface area contributed by atoms with Gasteiger partial charge >= 0.3 is 7.11 Å². The topological polar surface area (TPSA) is 12.0 Å². The van der Waals surface area contributed by atoms with Gasteiger partial charge in [0, 0.05) is 0 Å². The quantitative estimate of drug-likeness (QED) is 0.692. The van der Waals surface area contributed by atoms with Crippen LogP contribution in [0.4, 0.5) is 12.9 Å². The smallest absolute Gasteiger partial charge is 0.434 e. The van der Waals surface area contributed by atoms with Crippen molar-refractivity contribution in [1.29, 1.82) is 0 Å². The second-order valence-corrected chi connectivity index (χ2v) is 2.44. The number of benzene rings is 1. The Labute approximate surface area is 68.7 Å². The minimum atomic E-state index is -4.88. The highest BCUT2D eigenvalue weighted by Crippen LogP contribution is 2.05. The molecule has 1 rings (SSSR count). The first-order chi connectivity index (χ1) is 5.58. The summed E-state index contributed by atoms with van der Waals surface area (Å²) in [6.07, 6.45) is 0. The van der Waals surface area contributed by atoms with E-state index >= 15 is 0 Å². The van der Waals surface area contributed by atoms with Gasteiger partial charge in [-0.1, -0.05) is 30.3 Å². The van der Waals surface area contributed by atoms with Crippen LogP contribution in [0.1, 0.15) is 5.56 Å². The Morgan fingerprint density at radius 3 is 2.17 bits per heavy atom. The van der Waals surface area contributed by atoms with Gasteiger partial charge < -0.3 is 18.2 Å². The monoisotopic (exact) mass is 174 g/mol. The van der Waals surface area contributed by atoms with Gasteiger partial charge in [0.1, 0.15) is 0 Å². The molecular formula is C7H8BF3N-. The van der Waals surface area contributed by atoms with E-state index in [1.54, 1.807) is 30.3 Å². The van der Waals surface area contributed by atoms with Crippen molar-refractivity contribution >= 4 is 7.11 Å². The predicted octanol–water partition coefficient (Wildman–Crippen LogP) is 2.12. The number of rotatable bonds is 3. The summed E-state index contributed by atoms with van der Waals surface area (Å²) in [5.41, 5.74) is 0.636. The van der Waals surface area contributed by atoms with E-state index in [9.17, 15) is 12.9 Å². The Hall–Kier alpha value is -0.965. The summed E-state index contributed by atoms with van der Waals surface area (Å²) in [6, 6.07) is 8.48. The highest BCUT2D eigenvalue weighted by Gasteiger charge is 2.21. The molecule has 0 aliphatic rings. The minimum absolute atomic E-state index is 0.148. The SMILES string of the molecule is F[B-](F)(F)NCc1ccccc1. The Bertz CT molecular complexity index is 234. The summed E-state index contributed by atoms with van der Waals surface area (Å²) in [7, 11) is -4.88. The molecule has 0 aliphatic carbocycles. The molecule has 0 amide bonds. The normalized spacial score (nSPS) is 11.6. The second-order valence-electron chi connectivity index (χ2n) is 2.44. The van der Waals surface area contributed by atoms with Crippen molar-refractivity contribution in [2.45, 2.75) is 6.54 Å². The largest absolute Gasteiger partial charge is 0.564 e. The molecule has 0 atom stereocenters. The lowest BCUT2D eigenvalue weighted by molar-refractivity contribution is 0.435. The van der Waals surface area contributed by atoms with Crippen molar-refractivity contribution in [3.05, 3.63) is 35.9 Å². The van der Waals surface area contributed by atoms with Gasteiger partial charge in [0.15, 0.2) is 0 Å². The van der Waals surface area contributed by atoms with Gasteiger partial charge in [0.05, 0.1) is 0 Å². The fourth-order valence-electron chi connectivity index (χ4n) is 0.829. The van der Waals surface area contributed by atoms with Crippen LogP contribution in [0.3, 0.4) is 0 Å². The summed E-state index contributed by atoms with van der Waals surface area (Å²) in [5, 5.41) is 1.50. The van der Waals surface area contributed by atoms with Crippen LogP contribution in [-0.4, -0.2) is 7.11 Å².